The highest BCUT2D eigenvalue weighted by Gasteiger charge is 2.52. The third-order valence-corrected chi connectivity index (χ3v) is 5.25. The largest absolute Gasteiger partial charge is 0.349 e. The number of fused-ring (bicyclic) bond motifs is 1. The molecule has 0 bridgehead atoms. The average Bonchev–Trinajstić information content (AvgIpc) is 2.81. The van der Waals surface area contributed by atoms with Crippen LogP contribution in [0.2, 0.25) is 0 Å². The Balaban J connectivity index is 1.81. The fourth-order valence-corrected chi connectivity index (χ4v) is 3.91. The minimum absolute atomic E-state index is 0.0600. The predicted octanol–water partition coefficient (Wildman–Crippen LogP) is 3.50. The molecule has 116 valence electrons. The summed E-state index contributed by atoms with van der Waals surface area (Å²) in [6.07, 6.45) is 8.80. The first-order valence-corrected chi connectivity index (χ1v) is 8.01. The van der Waals surface area contributed by atoms with Crippen molar-refractivity contribution < 1.29 is 14.3 Å². The third kappa shape index (κ3) is 2.86. The van der Waals surface area contributed by atoms with Gasteiger partial charge in [-0.05, 0) is 24.7 Å². The van der Waals surface area contributed by atoms with E-state index in [1.165, 1.54) is 5.57 Å². The van der Waals surface area contributed by atoms with Crippen LogP contribution in [0.15, 0.2) is 24.3 Å². The third-order valence-electron chi connectivity index (χ3n) is 5.25. The van der Waals surface area contributed by atoms with E-state index in [1.54, 1.807) is 0 Å². The molecule has 2 fully saturated rings. The summed E-state index contributed by atoms with van der Waals surface area (Å²) in [5.41, 5.74) is 1.30. The van der Waals surface area contributed by atoms with E-state index in [4.69, 9.17) is 9.47 Å². The molecule has 0 amide bonds. The highest BCUT2D eigenvalue weighted by Crippen LogP contribution is 2.52. The van der Waals surface area contributed by atoms with Gasteiger partial charge in [-0.25, -0.2) is 0 Å². The van der Waals surface area contributed by atoms with Gasteiger partial charge in [-0.2, -0.15) is 0 Å². The summed E-state index contributed by atoms with van der Waals surface area (Å²) >= 11 is 0. The van der Waals surface area contributed by atoms with Crippen LogP contribution in [-0.2, 0) is 14.3 Å². The molecule has 3 aliphatic rings. The maximum atomic E-state index is 11.5. The zero-order valence-corrected chi connectivity index (χ0v) is 13.1. The molecule has 21 heavy (non-hydrogen) atoms. The van der Waals surface area contributed by atoms with Gasteiger partial charge < -0.3 is 14.3 Å². The first-order chi connectivity index (χ1) is 9.95. The molecular weight excluding hydrogens is 264 g/mol. The van der Waals surface area contributed by atoms with Gasteiger partial charge in [0.25, 0.3) is 0 Å². The minimum atomic E-state index is -0.487. The van der Waals surface area contributed by atoms with E-state index < -0.39 is 5.79 Å². The normalized spacial score (nSPS) is 39.3. The Kier molecular flexibility index (Phi) is 3.83. The highest BCUT2D eigenvalue weighted by molar-refractivity contribution is 5.55. The van der Waals surface area contributed by atoms with Crippen molar-refractivity contribution in [1.82, 2.24) is 0 Å². The van der Waals surface area contributed by atoms with E-state index in [0.29, 0.717) is 11.8 Å². The molecule has 1 saturated heterocycles. The Labute approximate surface area is 127 Å². The molecule has 0 aromatic carbocycles. The van der Waals surface area contributed by atoms with Gasteiger partial charge in [0.1, 0.15) is 6.29 Å². The van der Waals surface area contributed by atoms with Gasteiger partial charge in [-0.15, -0.1) is 0 Å². The molecule has 0 N–H and O–H groups in total. The van der Waals surface area contributed by atoms with Crippen molar-refractivity contribution in [3.8, 4) is 0 Å². The summed E-state index contributed by atoms with van der Waals surface area (Å²) in [6.45, 7) is 10.0. The molecule has 1 aliphatic heterocycles. The Bertz CT molecular complexity index is 453. The number of carbonyl (C=O) groups is 1. The van der Waals surface area contributed by atoms with Crippen LogP contribution in [0.3, 0.4) is 0 Å². The number of hydrogen-bond acceptors (Lipinski definition) is 3. The second-order valence-electron chi connectivity index (χ2n) is 7.70. The molecule has 2 aliphatic carbocycles. The van der Waals surface area contributed by atoms with E-state index >= 15 is 0 Å². The molecule has 3 atom stereocenters. The number of ether oxygens (including phenoxy) is 2. The quantitative estimate of drug-likeness (QED) is 0.547. The van der Waals surface area contributed by atoms with Gasteiger partial charge in [-0.3, -0.25) is 0 Å². The summed E-state index contributed by atoms with van der Waals surface area (Å²) in [6, 6.07) is 0. The average molecular weight is 290 g/mol. The molecule has 1 saturated carbocycles. The lowest BCUT2D eigenvalue weighted by Crippen LogP contribution is -2.46. The Morgan fingerprint density at radius 1 is 1.24 bits per heavy atom. The second kappa shape index (κ2) is 5.36. The second-order valence-corrected chi connectivity index (χ2v) is 7.70. The molecule has 3 heteroatoms. The van der Waals surface area contributed by atoms with Gasteiger partial charge in [-0.1, -0.05) is 38.2 Å². The maximum absolute atomic E-state index is 11.5. The molecular formula is C18H26O3. The fraction of sp³-hybridized carbons (Fsp3) is 0.722. The SMILES string of the molecule is C=C1C/C=C\C[C@H](C=O)[C@@H]2CC3(C[C@H]12)OCC(C)(C)CO3. The monoisotopic (exact) mass is 290 g/mol. The van der Waals surface area contributed by atoms with Crippen molar-refractivity contribution in [3.63, 3.8) is 0 Å². The standard InChI is InChI=1S/C18H26O3/c1-13-6-4-5-7-14(10-19)16-9-18(8-15(13)16)20-11-17(2,3)12-21-18/h4-5,10,14-16H,1,6-9,11-12H2,2-3H3/b5-4-/t14-,15-,16+/m1/s1. The molecule has 0 unspecified atom stereocenters. The minimum Gasteiger partial charge on any atom is -0.349 e. The first-order valence-electron chi connectivity index (χ1n) is 8.01. The van der Waals surface area contributed by atoms with Crippen LogP contribution in [0, 0.1) is 23.2 Å². The van der Waals surface area contributed by atoms with E-state index in [9.17, 15) is 4.79 Å². The van der Waals surface area contributed by atoms with Crippen molar-refractivity contribution in [3.05, 3.63) is 24.3 Å². The van der Waals surface area contributed by atoms with Crippen molar-refractivity contribution in [2.45, 2.75) is 45.3 Å². The number of rotatable bonds is 1. The van der Waals surface area contributed by atoms with Gasteiger partial charge in [0.05, 0.1) is 13.2 Å². The van der Waals surface area contributed by atoms with Crippen molar-refractivity contribution in [2.75, 3.05) is 13.2 Å². The zero-order chi connectivity index (χ0) is 15.1. The van der Waals surface area contributed by atoms with Crippen LogP contribution in [0.1, 0.15) is 39.5 Å². The smallest absolute Gasteiger partial charge is 0.169 e. The number of carbonyl (C=O) groups excluding carboxylic acids is 1. The molecule has 1 spiro atoms. The summed E-state index contributed by atoms with van der Waals surface area (Å²) in [5.74, 6) is 0.219. The molecule has 1 heterocycles. The van der Waals surface area contributed by atoms with E-state index in [-0.39, 0.29) is 11.3 Å². The van der Waals surface area contributed by atoms with Gasteiger partial charge in [0, 0.05) is 24.2 Å². The van der Waals surface area contributed by atoms with E-state index in [1.807, 2.05) is 0 Å². The lowest BCUT2D eigenvalue weighted by atomic mass is 9.77. The Morgan fingerprint density at radius 3 is 2.62 bits per heavy atom. The van der Waals surface area contributed by atoms with Crippen LogP contribution >= 0.6 is 0 Å². The van der Waals surface area contributed by atoms with E-state index in [0.717, 1.165) is 45.2 Å². The van der Waals surface area contributed by atoms with Crippen LogP contribution in [-0.4, -0.2) is 25.3 Å². The summed E-state index contributed by atoms with van der Waals surface area (Å²) in [7, 11) is 0. The molecule has 0 radical (unpaired) electrons. The van der Waals surface area contributed by atoms with E-state index in [2.05, 4.69) is 32.6 Å². The fourth-order valence-electron chi connectivity index (χ4n) is 3.91. The molecule has 3 rings (SSSR count). The zero-order valence-electron chi connectivity index (χ0n) is 13.1. The maximum Gasteiger partial charge on any atom is 0.169 e. The molecule has 3 nitrogen and oxygen atoms in total. The topological polar surface area (TPSA) is 35.5 Å². The number of allylic oxidation sites excluding steroid dienone is 3. The lowest BCUT2D eigenvalue weighted by Gasteiger charge is -2.41. The summed E-state index contributed by atoms with van der Waals surface area (Å²) in [5, 5.41) is 0. The van der Waals surface area contributed by atoms with Gasteiger partial charge in [0.15, 0.2) is 5.79 Å². The summed E-state index contributed by atoms with van der Waals surface area (Å²) in [4.78, 5) is 11.5. The predicted molar refractivity (Wildman–Crippen MR) is 81.7 cm³/mol. The van der Waals surface area contributed by atoms with Crippen LogP contribution < -0.4 is 0 Å². The van der Waals surface area contributed by atoms with Crippen LogP contribution in [0.25, 0.3) is 0 Å². The highest BCUT2D eigenvalue weighted by atomic mass is 16.7. The van der Waals surface area contributed by atoms with Crippen LogP contribution in [0.4, 0.5) is 0 Å². The lowest BCUT2D eigenvalue weighted by molar-refractivity contribution is -0.297. The van der Waals surface area contributed by atoms with Gasteiger partial charge >= 0.3 is 0 Å². The van der Waals surface area contributed by atoms with Crippen molar-refractivity contribution in [2.24, 2.45) is 23.2 Å². The summed E-state index contributed by atoms with van der Waals surface area (Å²) < 4.78 is 12.3. The molecule has 0 aromatic heterocycles. The van der Waals surface area contributed by atoms with Crippen LogP contribution in [0.5, 0.6) is 0 Å². The Morgan fingerprint density at radius 2 is 1.95 bits per heavy atom. The van der Waals surface area contributed by atoms with Gasteiger partial charge in [0.2, 0.25) is 0 Å². The first kappa shape index (κ1) is 15.0. The van der Waals surface area contributed by atoms with Crippen molar-refractivity contribution >= 4 is 6.29 Å². The molecule has 0 aromatic rings. The number of hydrogen-bond donors (Lipinski definition) is 0. The number of aldehydes is 1. The Hall–Kier alpha value is -0.930. The van der Waals surface area contributed by atoms with Crippen molar-refractivity contribution in [1.29, 1.82) is 0 Å².